The van der Waals surface area contributed by atoms with E-state index >= 15 is 0 Å². The van der Waals surface area contributed by atoms with Gasteiger partial charge in [-0.15, -0.1) is 0 Å². The van der Waals surface area contributed by atoms with Gasteiger partial charge in [0.25, 0.3) is 0 Å². The van der Waals surface area contributed by atoms with Gasteiger partial charge < -0.3 is 5.32 Å². The lowest BCUT2D eigenvalue weighted by molar-refractivity contribution is -0.120. The van der Waals surface area contributed by atoms with E-state index in [1.54, 1.807) is 25.4 Å². The number of allylic oxidation sites excluding steroid dienone is 1. The summed E-state index contributed by atoms with van der Waals surface area (Å²) in [5.41, 5.74) is 0. The van der Waals surface area contributed by atoms with E-state index in [-0.39, 0.29) is 5.91 Å². The number of amides is 1. The van der Waals surface area contributed by atoms with Crippen LogP contribution in [-0.2, 0) is 9.59 Å². The van der Waals surface area contributed by atoms with Crippen LogP contribution in [0.1, 0.15) is 20.3 Å². The Morgan fingerprint density at radius 3 is 2.82 bits per heavy atom. The van der Waals surface area contributed by atoms with Crippen molar-refractivity contribution in [2.24, 2.45) is 0 Å². The van der Waals surface area contributed by atoms with Crippen LogP contribution in [0.3, 0.4) is 0 Å². The van der Waals surface area contributed by atoms with Gasteiger partial charge in [0.05, 0.1) is 6.04 Å². The first-order chi connectivity index (χ1) is 5.20. The Morgan fingerprint density at radius 1 is 1.73 bits per heavy atom. The van der Waals surface area contributed by atoms with Crippen LogP contribution in [0, 0.1) is 0 Å². The fraction of sp³-hybridized carbons (Fsp3) is 0.500. The van der Waals surface area contributed by atoms with Gasteiger partial charge in [-0.3, -0.25) is 9.59 Å². The highest BCUT2D eigenvalue weighted by Gasteiger charge is 2.03. The van der Waals surface area contributed by atoms with Crippen LogP contribution in [0.15, 0.2) is 12.2 Å². The Hall–Kier alpha value is -1.12. The Labute approximate surface area is 66.5 Å². The summed E-state index contributed by atoms with van der Waals surface area (Å²) in [7, 11) is 0. The standard InChI is InChI=1S/C8H12NO2/c1-3-4-5-8(11)9-7(2)6-10/h3-4,7H,5H2,1-2H3,(H,9,11)/t7-/m0/s1. The molecule has 1 atom stereocenters. The Balaban J connectivity index is 3.60. The van der Waals surface area contributed by atoms with Crippen molar-refractivity contribution >= 4 is 12.2 Å². The predicted octanol–water partition coefficient (Wildman–Crippen LogP) is 0.567. The maximum atomic E-state index is 10.8. The third-order valence-corrected chi connectivity index (χ3v) is 1.09. The van der Waals surface area contributed by atoms with Gasteiger partial charge in [0.2, 0.25) is 12.2 Å². The van der Waals surface area contributed by atoms with Gasteiger partial charge in [-0.2, -0.15) is 0 Å². The number of hydrogen-bond acceptors (Lipinski definition) is 2. The number of nitrogens with one attached hydrogen (secondary N) is 1. The molecule has 0 heterocycles. The number of rotatable bonds is 4. The molecule has 1 radical (unpaired) electrons. The summed E-state index contributed by atoms with van der Waals surface area (Å²) in [6.07, 6.45) is 5.50. The minimum atomic E-state index is -0.507. The summed E-state index contributed by atoms with van der Waals surface area (Å²) >= 11 is 0. The van der Waals surface area contributed by atoms with Gasteiger partial charge >= 0.3 is 0 Å². The summed E-state index contributed by atoms with van der Waals surface area (Å²) in [6, 6.07) is -0.507. The maximum absolute atomic E-state index is 10.8. The number of hydrogen-bond donors (Lipinski definition) is 1. The highest BCUT2D eigenvalue weighted by molar-refractivity contribution is 5.80. The number of carbonyl (C=O) groups excluding carboxylic acids is 2. The van der Waals surface area contributed by atoms with Crippen LogP contribution in [-0.4, -0.2) is 18.2 Å². The summed E-state index contributed by atoms with van der Waals surface area (Å²) in [5.74, 6) is -0.154. The van der Waals surface area contributed by atoms with Crippen molar-refractivity contribution in [2.45, 2.75) is 26.3 Å². The highest BCUT2D eigenvalue weighted by atomic mass is 16.2. The molecule has 61 valence electrons. The molecule has 0 unspecified atom stereocenters. The van der Waals surface area contributed by atoms with E-state index in [1.165, 1.54) is 0 Å². The molecule has 0 rings (SSSR count). The molecule has 0 aromatic rings. The quantitative estimate of drug-likeness (QED) is 0.601. The summed E-state index contributed by atoms with van der Waals surface area (Å²) in [4.78, 5) is 20.8. The molecule has 3 nitrogen and oxygen atoms in total. The van der Waals surface area contributed by atoms with Crippen LogP contribution < -0.4 is 5.32 Å². The van der Waals surface area contributed by atoms with Gasteiger partial charge in [0.1, 0.15) is 0 Å². The number of carbonyl (C=O) groups is 1. The zero-order valence-electron chi connectivity index (χ0n) is 6.76. The van der Waals surface area contributed by atoms with Gasteiger partial charge in [-0.05, 0) is 13.8 Å². The summed E-state index contributed by atoms with van der Waals surface area (Å²) < 4.78 is 0. The zero-order valence-corrected chi connectivity index (χ0v) is 6.76. The first kappa shape index (κ1) is 9.88. The second-order valence-electron chi connectivity index (χ2n) is 2.18. The minimum Gasteiger partial charge on any atom is -0.346 e. The molecule has 0 spiro atoms. The highest BCUT2D eigenvalue weighted by Crippen LogP contribution is 1.84. The largest absolute Gasteiger partial charge is 0.346 e. The van der Waals surface area contributed by atoms with Crippen LogP contribution >= 0.6 is 0 Å². The van der Waals surface area contributed by atoms with E-state index in [4.69, 9.17) is 0 Å². The average molecular weight is 154 g/mol. The Bertz CT molecular complexity index is 163. The molecular formula is C8H12NO2. The second kappa shape index (κ2) is 5.65. The fourth-order valence-electron chi connectivity index (χ4n) is 0.555. The molecule has 1 N–H and O–H groups in total. The third kappa shape index (κ3) is 5.33. The summed E-state index contributed by atoms with van der Waals surface area (Å²) in [5, 5.41) is 2.45. The van der Waals surface area contributed by atoms with Crippen LogP contribution in [0.25, 0.3) is 0 Å². The van der Waals surface area contributed by atoms with Crippen molar-refractivity contribution in [3.05, 3.63) is 12.2 Å². The molecule has 0 bridgehead atoms. The average Bonchev–Trinajstić information content (AvgIpc) is 2.00. The Morgan fingerprint density at radius 2 is 2.36 bits per heavy atom. The van der Waals surface area contributed by atoms with E-state index in [0.717, 1.165) is 0 Å². The monoisotopic (exact) mass is 154 g/mol. The first-order valence-electron chi connectivity index (χ1n) is 3.49. The molecule has 0 aliphatic rings. The maximum Gasteiger partial charge on any atom is 0.224 e. The first-order valence-corrected chi connectivity index (χ1v) is 3.49. The fourth-order valence-corrected chi connectivity index (χ4v) is 0.555. The second-order valence-corrected chi connectivity index (χ2v) is 2.18. The van der Waals surface area contributed by atoms with Gasteiger partial charge in [0.15, 0.2) is 0 Å². The van der Waals surface area contributed by atoms with E-state index in [9.17, 15) is 9.59 Å². The van der Waals surface area contributed by atoms with Crippen molar-refractivity contribution in [1.82, 2.24) is 5.32 Å². The lowest BCUT2D eigenvalue weighted by Gasteiger charge is -2.03. The van der Waals surface area contributed by atoms with Gasteiger partial charge in [0, 0.05) is 6.42 Å². The molecule has 0 aliphatic heterocycles. The molecule has 0 aliphatic carbocycles. The third-order valence-electron chi connectivity index (χ3n) is 1.09. The van der Waals surface area contributed by atoms with E-state index in [0.29, 0.717) is 6.42 Å². The van der Waals surface area contributed by atoms with E-state index in [1.807, 2.05) is 6.92 Å². The smallest absolute Gasteiger partial charge is 0.224 e. The summed E-state index contributed by atoms with van der Waals surface area (Å²) in [6.45, 7) is 3.42. The lowest BCUT2D eigenvalue weighted by Crippen LogP contribution is -2.32. The zero-order chi connectivity index (χ0) is 8.69. The van der Waals surface area contributed by atoms with Crippen molar-refractivity contribution in [3.63, 3.8) is 0 Å². The molecule has 0 aromatic carbocycles. The molecule has 0 aromatic heterocycles. The predicted molar refractivity (Wildman–Crippen MR) is 42.7 cm³/mol. The molecule has 11 heavy (non-hydrogen) atoms. The van der Waals surface area contributed by atoms with Gasteiger partial charge in [-0.25, -0.2) is 0 Å². The van der Waals surface area contributed by atoms with Crippen molar-refractivity contribution < 1.29 is 9.59 Å². The topological polar surface area (TPSA) is 46.2 Å². The van der Waals surface area contributed by atoms with Crippen LogP contribution in [0.5, 0.6) is 0 Å². The molecule has 0 saturated carbocycles. The Kier molecular flexibility index (Phi) is 5.07. The normalized spacial score (nSPS) is 12.9. The molecule has 1 amide bonds. The van der Waals surface area contributed by atoms with Crippen molar-refractivity contribution in [3.8, 4) is 0 Å². The molecule has 0 saturated heterocycles. The van der Waals surface area contributed by atoms with Crippen LogP contribution in [0.4, 0.5) is 0 Å². The molecule has 0 fully saturated rings. The van der Waals surface area contributed by atoms with E-state index in [2.05, 4.69) is 5.32 Å². The van der Waals surface area contributed by atoms with E-state index < -0.39 is 6.04 Å². The van der Waals surface area contributed by atoms with Crippen molar-refractivity contribution in [1.29, 1.82) is 0 Å². The SMILES string of the molecule is CC=CCC(=O)N[C@@H](C)[C]=O. The van der Waals surface area contributed by atoms with Crippen LogP contribution in [0.2, 0.25) is 0 Å². The van der Waals surface area contributed by atoms with Crippen molar-refractivity contribution in [2.75, 3.05) is 0 Å². The molecular weight excluding hydrogens is 142 g/mol. The molecule has 3 heteroatoms. The minimum absolute atomic E-state index is 0.154. The lowest BCUT2D eigenvalue weighted by atomic mass is 10.3. The van der Waals surface area contributed by atoms with Gasteiger partial charge in [-0.1, -0.05) is 12.2 Å².